The number of thioether (sulfide) groups is 1. The van der Waals surface area contributed by atoms with Gasteiger partial charge in [0.05, 0.1) is 26.7 Å². The maximum Gasteiger partial charge on any atom is 0.307 e. The molecule has 15 heteroatoms. The fraction of sp³-hybridized carbons (Fsp3) is 0.425. The van der Waals surface area contributed by atoms with Gasteiger partial charge in [-0.1, -0.05) is 160 Å². The van der Waals surface area contributed by atoms with Crippen LogP contribution in [-0.2, 0) is 14.4 Å². The van der Waals surface area contributed by atoms with E-state index in [1.807, 2.05) is 42.2 Å². The topological polar surface area (TPSA) is 114 Å². The van der Waals surface area contributed by atoms with Gasteiger partial charge >= 0.3 is 5.97 Å². The summed E-state index contributed by atoms with van der Waals surface area (Å²) in [6.45, 7) is 4.72. The van der Waals surface area contributed by atoms with E-state index in [0.717, 1.165) is 43.1 Å². The van der Waals surface area contributed by atoms with E-state index in [0.29, 0.717) is 28.0 Å². The third-order valence-electron chi connectivity index (χ3n) is 9.11. The van der Waals surface area contributed by atoms with Crippen LogP contribution in [0.3, 0.4) is 0 Å². The first-order valence-electron chi connectivity index (χ1n) is 18.6. The predicted octanol–water partition coefficient (Wildman–Crippen LogP) is 12.1. The minimum Gasteiger partial charge on any atom is -0.481 e. The van der Waals surface area contributed by atoms with Crippen LogP contribution in [-0.4, -0.2) is 44.8 Å². The highest BCUT2D eigenvalue weighted by molar-refractivity contribution is 8.24. The summed E-state index contributed by atoms with van der Waals surface area (Å²) < 4.78 is 0.426. The van der Waals surface area contributed by atoms with E-state index >= 15 is 0 Å². The summed E-state index contributed by atoms with van der Waals surface area (Å²) in [6, 6.07) is 17.3. The second-order valence-corrected chi connectivity index (χ2v) is 16.7. The normalized spacial score (nSPS) is 15.2. The first-order chi connectivity index (χ1) is 26.4. The molecule has 0 radical (unpaired) electrons. The molecule has 2 atom stereocenters. The summed E-state index contributed by atoms with van der Waals surface area (Å²) in [7, 11) is 0. The van der Waals surface area contributed by atoms with Gasteiger partial charge < -0.3 is 15.3 Å². The molecular weight excluding hydrogens is 820 g/mol. The maximum atomic E-state index is 14.1. The first-order valence-corrected chi connectivity index (χ1v) is 21.4. The Bertz CT molecular complexity index is 1810. The lowest BCUT2D eigenvalue weighted by molar-refractivity contribution is -0.143. The standard InChI is InChI=1S/C40H47Cl4N5O4S2/c1-3-5-6-7-8-9-10-11-12-14-17-26(39(52)53)22-34(50)45-28-20-21-30(42)33(25-28)46-37-36(55-40(54)48(4-2)29-18-15-13-16-19-29)38(51)49(47-37)35-31(43)23-27(41)24-32(35)44/h13,15-16,18-21,23-26,36H,3-12,14,17,22H2,1-2H3,(H,45,50)(H,46,47)(H,52,53). The summed E-state index contributed by atoms with van der Waals surface area (Å²) in [5, 5.41) is 13.7. The second kappa shape index (κ2) is 22.6. The lowest BCUT2D eigenvalue weighted by Crippen LogP contribution is -2.36. The van der Waals surface area contributed by atoms with Crippen molar-refractivity contribution in [2.45, 2.75) is 96.1 Å². The molecule has 1 aliphatic rings. The van der Waals surface area contributed by atoms with Crippen molar-refractivity contribution in [1.82, 2.24) is 5.43 Å². The number of hydrogen-bond acceptors (Lipinski definition) is 6. The Balaban J connectivity index is 1.49. The molecule has 0 aliphatic carbocycles. The van der Waals surface area contributed by atoms with Gasteiger partial charge in [-0.25, -0.2) is 10.0 Å². The third-order valence-corrected chi connectivity index (χ3v) is 11.8. The van der Waals surface area contributed by atoms with Gasteiger partial charge in [0.15, 0.2) is 5.25 Å². The molecule has 1 saturated heterocycles. The number of nitrogens with zero attached hydrogens (tertiary/aromatic N) is 3. The Morgan fingerprint density at radius 2 is 1.53 bits per heavy atom. The summed E-state index contributed by atoms with van der Waals surface area (Å²) in [4.78, 5) is 45.9. The largest absolute Gasteiger partial charge is 0.481 e. The molecular formula is C40H47Cl4N5O4S2. The molecule has 2 amide bonds. The number of hydrogen-bond donors (Lipinski definition) is 3. The van der Waals surface area contributed by atoms with Gasteiger partial charge in [-0.05, 0) is 55.8 Å². The molecule has 1 heterocycles. The van der Waals surface area contributed by atoms with Gasteiger partial charge in [0, 0.05) is 29.4 Å². The quantitative estimate of drug-likeness (QED) is 0.0760. The summed E-state index contributed by atoms with van der Waals surface area (Å²) in [6.07, 6.45) is 11.7. The van der Waals surface area contributed by atoms with Crippen LogP contribution in [0.2, 0.25) is 20.1 Å². The number of carboxylic acids is 1. The number of nitrogens with one attached hydrogen (secondary N) is 2. The van der Waals surface area contributed by atoms with Crippen molar-refractivity contribution < 1.29 is 19.5 Å². The first kappa shape index (κ1) is 44.7. The zero-order valence-electron chi connectivity index (χ0n) is 31.0. The molecule has 9 nitrogen and oxygen atoms in total. The van der Waals surface area contributed by atoms with Crippen LogP contribution in [0.4, 0.5) is 22.7 Å². The molecule has 3 N–H and O–H groups in total. The Kier molecular flexibility index (Phi) is 18.4. The Labute approximate surface area is 353 Å². The Morgan fingerprint density at radius 1 is 0.909 bits per heavy atom. The SMILES string of the molecule is CCCCCCCCCCCCC(CC(=O)Nc1ccc(Cl)c(N=C2NN(c3c(Cl)cc(Cl)cc3Cl)C(=O)C2SC(=S)N(CC)c2ccccc2)c1)C(=O)O. The Hall–Kier alpha value is -3.06. The van der Waals surface area contributed by atoms with Crippen molar-refractivity contribution >= 4 is 121 Å². The monoisotopic (exact) mass is 865 g/mol. The van der Waals surface area contributed by atoms with Crippen molar-refractivity contribution in [3.05, 3.63) is 80.8 Å². The van der Waals surface area contributed by atoms with E-state index in [1.165, 1.54) is 55.7 Å². The van der Waals surface area contributed by atoms with E-state index in [-0.39, 0.29) is 38.7 Å². The fourth-order valence-corrected chi connectivity index (χ4v) is 8.84. The van der Waals surface area contributed by atoms with Crippen LogP contribution < -0.4 is 20.7 Å². The number of carbonyl (C=O) groups excluding carboxylic acids is 2. The number of rotatable bonds is 20. The highest BCUT2D eigenvalue weighted by Crippen LogP contribution is 2.40. The van der Waals surface area contributed by atoms with Gasteiger partial charge in [0.25, 0.3) is 5.91 Å². The number of halogens is 4. The van der Waals surface area contributed by atoms with Crippen LogP contribution >= 0.6 is 70.4 Å². The lowest BCUT2D eigenvalue weighted by atomic mass is 9.96. The van der Waals surface area contributed by atoms with Crippen molar-refractivity contribution in [1.29, 1.82) is 0 Å². The predicted molar refractivity (Wildman–Crippen MR) is 235 cm³/mol. The van der Waals surface area contributed by atoms with Crippen LogP contribution in [0.15, 0.2) is 65.7 Å². The number of anilines is 3. The van der Waals surface area contributed by atoms with Crippen LogP contribution in [0.1, 0.15) is 90.9 Å². The van der Waals surface area contributed by atoms with Gasteiger partial charge in [0.2, 0.25) is 5.91 Å². The van der Waals surface area contributed by atoms with Crippen LogP contribution in [0.5, 0.6) is 0 Å². The highest BCUT2D eigenvalue weighted by Gasteiger charge is 2.42. The number of hydrazine groups is 1. The van der Waals surface area contributed by atoms with Crippen molar-refractivity contribution in [3.8, 4) is 0 Å². The maximum absolute atomic E-state index is 14.1. The minimum atomic E-state index is -0.993. The number of thiocarbonyl (C=S) groups is 1. The van der Waals surface area contributed by atoms with Gasteiger partial charge in [-0.3, -0.25) is 19.8 Å². The number of carboxylic acid groups (broad SMARTS) is 1. The molecule has 3 aromatic rings. The molecule has 3 aromatic carbocycles. The summed E-state index contributed by atoms with van der Waals surface area (Å²) in [5.74, 6) is -2.48. The number of carbonyl (C=O) groups is 3. The van der Waals surface area contributed by atoms with E-state index in [4.69, 9.17) is 63.6 Å². The smallest absolute Gasteiger partial charge is 0.307 e. The zero-order valence-corrected chi connectivity index (χ0v) is 35.6. The van der Waals surface area contributed by atoms with Crippen molar-refractivity contribution in [2.24, 2.45) is 10.9 Å². The van der Waals surface area contributed by atoms with E-state index in [2.05, 4.69) is 17.7 Å². The minimum absolute atomic E-state index is 0.140. The van der Waals surface area contributed by atoms with Crippen molar-refractivity contribution in [3.63, 3.8) is 0 Å². The van der Waals surface area contributed by atoms with Crippen LogP contribution in [0.25, 0.3) is 0 Å². The van der Waals surface area contributed by atoms with E-state index < -0.39 is 29.0 Å². The highest BCUT2D eigenvalue weighted by atomic mass is 35.5. The number of amides is 2. The lowest BCUT2D eigenvalue weighted by Gasteiger charge is -2.24. The van der Waals surface area contributed by atoms with Crippen molar-refractivity contribution in [2.75, 3.05) is 21.8 Å². The number of unbranched alkanes of at least 4 members (excludes halogenated alkanes) is 9. The van der Waals surface area contributed by atoms with Gasteiger partial charge in [0.1, 0.15) is 15.8 Å². The van der Waals surface area contributed by atoms with Gasteiger partial charge in [-0.2, -0.15) is 0 Å². The average molecular weight is 868 g/mol. The second-order valence-electron chi connectivity index (χ2n) is 13.3. The summed E-state index contributed by atoms with van der Waals surface area (Å²) in [5.41, 5.74) is 4.70. The number of benzene rings is 3. The van der Waals surface area contributed by atoms with E-state index in [9.17, 15) is 19.5 Å². The Morgan fingerprint density at radius 3 is 2.13 bits per heavy atom. The molecule has 2 unspecified atom stereocenters. The molecule has 296 valence electrons. The zero-order chi connectivity index (χ0) is 39.9. The summed E-state index contributed by atoms with van der Waals surface area (Å²) >= 11 is 32.8. The molecule has 0 aromatic heterocycles. The number of amidine groups is 1. The molecule has 4 rings (SSSR count). The molecule has 1 fully saturated rings. The van der Waals surface area contributed by atoms with Gasteiger partial charge in [-0.15, -0.1) is 0 Å². The molecule has 0 saturated carbocycles. The molecule has 0 spiro atoms. The number of aliphatic carboxylic acids is 1. The average Bonchev–Trinajstić information content (AvgIpc) is 3.43. The van der Waals surface area contributed by atoms with E-state index in [1.54, 1.807) is 18.2 Å². The van der Waals surface area contributed by atoms with Crippen LogP contribution in [0, 0.1) is 5.92 Å². The number of para-hydroxylation sites is 1. The third kappa shape index (κ3) is 13.3. The molecule has 0 bridgehead atoms. The number of aliphatic imine (C=N–C) groups is 1. The molecule has 55 heavy (non-hydrogen) atoms. The fourth-order valence-electron chi connectivity index (χ4n) is 6.19. The molecule has 1 aliphatic heterocycles.